The van der Waals surface area contributed by atoms with E-state index in [0.717, 1.165) is 22.4 Å². The van der Waals surface area contributed by atoms with Gasteiger partial charge in [0.15, 0.2) is 5.60 Å². The van der Waals surface area contributed by atoms with Gasteiger partial charge in [-0.2, -0.15) is 0 Å². The molecular formula is C25H24N2O3. The highest BCUT2D eigenvalue weighted by atomic mass is 16.3. The van der Waals surface area contributed by atoms with Crippen LogP contribution < -0.4 is 10.2 Å². The summed E-state index contributed by atoms with van der Waals surface area (Å²) in [6, 6.07) is 20.1. The quantitative estimate of drug-likeness (QED) is 0.699. The lowest BCUT2D eigenvalue weighted by atomic mass is 9.87. The fourth-order valence-electron chi connectivity index (χ4n) is 4.08. The van der Waals surface area contributed by atoms with Crippen LogP contribution in [-0.2, 0) is 15.2 Å². The number of carbonyl (C=O) groups is 2. The van der Waals surface area contributed by atoms with E-state index in [1.807, 2.05) is 51.1 Å². The molecule has 1 aliphatic rings. The number of nitrogens with one attached hydrogen (secondary N) is 1. The molecule has 0 bridgehead atoms. The summed E-state index contributed by atoms with van der Waals surface area (Å²) < 4.78 is 0. The molecule has 0 saturated heterocycles. The lowest BCUT2D eigenvalue weighted by molar-refractivity contribution is -0.133. The number of fused-ring (bicyclic) bond motifs is 1. The fraction of sp³-hybridized carbons (Fsp3) is 0.200. The molecule has 0 radical (unpaired) electrons. The summed E-state index contributed by atoms with van der Waals surface area (Å²) in [5.41, 5.74) is 3.30. The second kappa shape index (κ2) is 7.43. The molecular weight excluding hydrogens is 376 g/mol. The number of aryl methyl sites for hydroxylation is 3. The van der Waals surface area contributed by atoms with E-state index in [9.17, 15) is 14.7 Å². The molecule has 1 heterocycles. The number of benzene rings is 3. The van der Waals surface area contributed by atoms with Gasteiger partial charge < -0.3 is 10.4 Å². The maximum atomic E-state index is 13.4. The molecule has 5 heteroatoms. The first kappa shape index (κ1) is 19.9. The minimum absolute atomic E-state index is 0.183. The molecule has 3 aromatic carbocycles. The van der Waals surface area contributed by atoms with Crippen molar-refractivity contribution in [3.05, 3.63) is 94.5 Å². The number of hydrogen-bond donors (Lipinski definition) is 2. The Morgan fingerprint density at radius 3 is 2.33 bits per heavy atom. The van der Waals surface area contributed by atoms with Crippen molar-refractivity contribution in [1.82, 2.24) is 0 Å². The molecule has 1 aliphatic heterocycles. The number of anilines is 2. The molecule has 5 nitrogen and oxygen atoms in total. The van der Waals surface area contributed by atoms with Crippen LogP contribution in [0.4, 0.5) is 11.4 Å². The van der Waals surface area contributed by atoms with E-state index in [0.29, 0.717) is 16.8 Å². The molecule has 2 N–H and O–H groups in total. The van der Waals surface area contributed by atoms with Crippen LogP contribution >= 0.6 is 0 Å². The molecule has 0 saturated carbocycles. The Hall–Kier alpha value is -3.44. The second-order valence-electron chi connectivity index (χ2n) is 7.80. The lowest BCUT2D eigenvalue weighted by Gasteiger charge is -2.24. The van der Waals surface area contributed by atoms with Gasteiger partial charge in [0.05, 0.1) is 5.69 Å². The molecule has 152 valence electrons. The Labute approximate surface area is 176 Å². The number of carbonyl (C=O) groups excluding carboxylic acids is 2. The highest BCUT2D eigenvalue weighted by Gasteiger charge is 2.51. The zero-order chi connectivity index (χ0) is 21.5. The Morgan fingerprint density at radius 2 is 1.63 bits per heavy atom. The molecule has 0 spiro atoms. The van der Waals surface area contributed by atoms with Crippen LogP contribution in [-0.4, -0.2) is 23.5 Å². The average Bonchev–Trinajstić information content (AvgIpc) is 2.94. The first-order valence-electron chi connectivity index (χ1n) is 9.89. The van der Waals surface area contributed by atoms with Crippen molar-refractivity contribution >= 4 is 23.2 Å². The second-order valence-corrected chi connectivity index (χ2v) is 7.80. The number of rotatable bonds is 4. The molecule has 30 heavy (non-hydrogen) atoms. The number of nitrogens with zero attached hydrogens (tertiary/aromatic N) is 1. The first-order valence-corrected chi connectivity index (χ1v) is 9.89. The molecule has 0 aromatic heterocycles. The molecule has 4 rings (SSSR count). The Balaban J connectivity index is 1.68. The van der Waals surface area contributed by atoms with E-state index in [1.165, 1.54) is 4.90 Å². The van der Waals surface area contributed by atoms with Gasteiger partial charge in [-0.15, -0.1) is 0 Å². The molecule has 0 unspecified atom stereocenters. The normalized spacial score (nSPS) is 17.7. The Morgan fingerprint density at radius 1 is 0.967 bits per heavy atom. The summed E-state index contributed by atoms with van der Waals surface area (Å²) in [5, 5.41) is 14.5. The van der Waals surface area contributed by atoms with E-state index in [1.54, 1.807) is 36.4 Å². The maximum absolute atomic E-state index is 13.4. The van der Waals surface area contributed by atoms with E-state index in [4.69, 9.17) is 0 Å². The summed E-state index contributed by atoms with van der Waals surface area (Å²) in [5.74, 6) is -0.838. The van der Waals surface area contributed by atoms with Crippen LogP contribution in [0.3, 0.4) is 0 Å². The predicted molar refractivity (Wildman–Crippen MR) is 118 cm³/mol. The lowest BCUT2D eigenvalue weighted by Crippen LogP contribution is -2.44. The zero-order valence-electron chi connectivity index (χ0n) is 17.3. The van der Waals surface area contributed by atoms with E-state index in [-0.39, 0.29) is 12.5 Å². The van der Waals surface area contributed by atoms with Crippen LogP contribution in [0.1, 0.15) is 27.8 Å². The predicted octanol–water partition coefficient (Wildman–Crippen LogP) is 3.83. The van der Waals surface area contributed by atoms with Gasteiger partial charge in [-0.3, -0.25) is 14.5 Å². The van der Waals surface area contributed by atoms with Gasteiger partial charge in [0.2, 0.25) is 5.91 Å². The van der Waals surface area contributed by atoms with Crippen LogP contribution in [0.5, 0.6) is 0 Å². The summed E-state index contributed by atoms with van der Waals surface area (Å²) >= 11 is 0. The topological polar surface area (TPSA) is 69.6 Å². The van der Waals surface area contributed by atoms with Gasteiger partial charge in [-0.25, -0.2) is 0 Å². The van der Waals surface area contributed by atoms with E-state index < -0.39 is 11.5 Å². The van der Waals surface area contributed by atoms with Crippen molar-refractivity contribution in [2.24, 2.45) is 0 Å². The van der Waals surface area contributed by atoms with Crippen molar-refractivity contribution in [3.8, 4) is 0 Å². The number of amides is 2. The minimum Gasteiger partial charge on any atom is -0.372 e. The van der Waals surface area contributed by atoms with Crippen LogP contribution in [0.2, 0.25) is 0 Å². The third-order valence-electron chi connectivity index (χ3n) is 5.62. The molecule has 0 aliphatic carbocycles. The summed E-state index contributed by atoms with van der Waals surface area (Å²) in [6.07, 6.45) is 0. The minimum atomic E-state index is -1.82. The molecule has 2 amide bonds. The largest absolute Gasteiger partial charge is 0.372 e. The van der Waals surface area contributed by atoms with Crippen molar-refractivity contribution in [2.45, 2.75) is 26.4 Å². The van der Waals surface area contributed by atoms with Gasteiger partial charge in [0.25, 0.3) is 5.91 Å². The van der Waals surface area contributed by atoms with Gasteiger partial charge in [0.1, 0.15) is 6.54 Å². The van der Waals surface area contributed by atoms with Gasteiger partial charge in [-0.05, 0) is 43.5 Å². The standard InChI is InChI=1S/C25H24N2O3/c1-16-8-6-11-19(14-16)25(30)20-12-4-5-13-21(20)27(24(25)29)15-22(28)26-23-17(2)9-7-10-18(23)3/h4-14,30H,15H2,1-3H3,(H,26,28)/t25-/m1/s1. The highest BCUT2D eigenvalue weighted by Crippen LogP contribution is 2.44. The highest BCUT2D eigenvalue weighted by molar-refractivity contribution is 6.12. The Bertz CT molecular complexity index is 1130. The average molecular weight is 400 g/mol. The molecule has 1 atom stereocenters. The van der Waals surface area contributed by atoms with Gasteiger partial charge in [-0.1, -0.05) is 66.2 Å². The van der Waals surface area contributed by atoms with Crippen molar-refractivity contribution < 1.29 is 14.7 Å². The van der Waals surface area contributed by atoms with Crippen LogP contribution in [0.25, 0.3) is 0 Å². The van der Waals surface area contributed by atoms with Crippen molar-refractivity contribution in [2.75, 3.05) is 16.8 Å². The van der Waals surface area contributed by atoms with E-state index >= 15 is 0 Å². The summed E-state index contributed by atoms with van der Waals surface area (Å²) in [6.45, 7) is 5.58. The Kier molecular flexibility index (Phi) is 4.92. The zero-order valence-corrected chi connectivity index (χ0v) is 17.3. The van der Waals surface area contributed by atoms with Crippen LogP contribution in [0.15, 0.2) is 66.7 Å². The number of hydrogen-bond acceptors (Lipinski definition) is 3. The first-order chi connectivity index (χ1) is 14.3. The molecule has 0 fully saturated rings. The third-order valence-corrected chi connectivity index (χ3v) is 5.62. The van der Waals surface area contributed by atoms with Gasteiger partial charge >= 0.3 is 0 Å². The SMILES string of the molecule is Cc1cccc([C@]2(O)C(=O)N(CC(=O)Nc3c(C)cccc3C)c3ccccc32)c1. The summed E-state index contributed by atoms with van der Waals surface area (Å²) in [4.78, 5) is 27.6. The number of para-hydroxylation sites is 2. The van der Waals surface area contributed by atoms with Crippen molar-refractivity contribution in [1.29, 1.82) is 0 Å². The fourth-order valence-corrected chi connectivity index (χ4v) is 4.08. The van der Waals surface area contributed by atoms with E-state index in [2.05, 4.69) is 5.32 Å². The maximum Gasteiger partial charge on any atom is 0.268 e. The smallest absolute Gasteiger partial charge is 0.268 e. The third kappa shape index (κ3) is 3.17. The molecule has 3 aromatic rings. The number of aliphatic hydroxyl groups is 1. The van der Waals surface area contributed by atoms with Crippen molar-refractivity contribution in [3.63, 3.8) is 0 Å². The summed E-state index contributed by atoms with van der Waals surface area (Å²) in [7, 11) is 0. The van der Waals surface area contributed by atoms with Gasteiger partial charge in [0, 0.05) is 11.3 Å². The van der Waals surface area contributed by atoms with Crippen LogP contribution in [0, 0.1) is 20.8 Å². The monoisotopic (exact) mass is 400 g/mol.